The second-order valence-corrected chi connectivity index (χ2v) is 7.47. The third-order valence-electron chi connectivity index (χ3n) is 4.58. The Bertz CT molecular complexity index is 1190. The summed E-state index contributed by atoms with van der Waals surface area (Å²) in [6.07, 6.45) is 1.53. The van der Waals surface area contributed by atoms with Crippen LogP contribution in [0.25, 0.3) is 11.3 Å². The van der Waals surface area contributed by atoms with Crippen molar-refractivity contribution in [3.8, 4) is 17.1 Å². The van der Waals surface area contributed by atoms with Crippen molar-refractivity contribution in [1.29, 1.82) is 0 Å². The van der Waals surface area contributed by atoms with Crippen molar-refractivity contribution in [3.05, 3.63) is 93.8 Å². The van der Waals surface area contributed by atoms with Crippen LogP contribution in [0.2, 0.25) is 10.0 Å². The fraction of sp³-hybridized carbons (Fsp3) is 0.0870. The average molecular weight is 454 g/mol. The molecule has 0 aliphatic rings. The molecule has 0 radical (unpaired) electrons. The molecule has 0 atom stereocenters. The number of rotatable bonds is 6. The fourth-order valence-electron chi connectivity index (χ4n) is 2.96. The molecule has 0 bridgehead atoms. The highest BCUT2D eigenvalue weighted by atomic mass is 35.5. The molecule has 0 aliphatic heterocycles. The lowest BCUT2D eigenvalue weighted by Gasteiger charge is -2.09. The van der Waals surface area contributed by atoms with Crippen LogP contribution in [0.3, 0.4) is 0 Å². The molecule has 2 aromatic heterocycles. The van der Waals surface area contributed by atoms with Crippen LogP contribution in [0, 0.1) is 6.92 Å². The summed E-state index contributed by atoms with van der Waals surface area (Å²) in [5.41, 5.74) is 2.97. The van der Waals surface area contributed by atoms with Crippen LogP contribution < -0.4 is 10.1 Å². The van der Waals surface area contributed by atoms with Crippen molar-refractivity contribution < 1.29 is 14.1 Å². The Morgan fingerprint density at radius 2 is 1.77 bits per heavy atom. The Labute approximate surface area is 188 Å². The maximum Gasteiger partial charge on any atom is 0.255 e. The van der Waals surface area contributed by atoms with E-state index in [2.05, 4.69) is 15.5 Å². The van der Waals surface area contributed by atoms with Gasteiger partial charge in [0.05, 0.1) is 27.5 Å². The Kier molecular flexibility index (Phi) is 6.21. The molecule has 0 saturated heterocycles. The molecule has 4 aromatic rings. The van der Waals surface area contributed by atoms with Crippen LogP contribution in [0.15, 0.2) is 71.4 Å². The fourth-order valence-corrected chi connectivity index (χ4v) is 3.54. The largest absolute Gasteiger partial charge is 0.473 e. The van der Waals surface area contributed by atoms with E-state index in [0.29, 0.717) is 44.2 Å². The molecule has 1 amide bonds. The summed E-state index contributed by atoms with van der Waals surface area (Å²) in [6, 6.07) is 17.6. The predicted octanol–water partition coefficient (Wildman–Crippen LogP) is 6.18. The number of carbonyl (C=O) groups excluding carboxylic acids is 1. The number of amides is 1. The van der Waals surface area contributed by atoms with E-state index in [1.165, 1.54) is 6.20 Å². The first kappa shape index (κ1) is 20.9. The second-order valence-electron chi connectivity index (χ2n) is 6.66. The zero-order chi connectivity index (χ0) is 21.8. The predicted molar refractivity (Wildman–Crippen MR) is 120 cm³/mol. The Morgan fingerprint density at radius 3 is 2.45 bits per heavy atom. The molecule has 1 N–H and O–H groups in total. The highest BCUT2D eigenvalue weighted by molar-refractivity contribution is 6.39. The highest BCUT2D eigenvalue weighted by Gasteiger charge is 2.20. The van der Waals surface area contributed by atoms with E-state index in [-0.39, 0.29) is 12.5 Å². The minimum absolute atomic E-state index is 0.162. The third kappa shape index (κ3) is 4.71. The van der Waals surface area contributed by atoms with Crippen LogP contribution in [-0.4, -0.2) is 16.0 Å². The highest BCUT2D eigenvalue weighted by Crippen LogP contribution is 2.37. The summed E-state index contributed by atoms with van der Waals surface area (Å²) in [4.78, 5) is 16.5. The summed E-state index contributed by atoms with van der Waals surface area (Å²) in [5.74, 6) is 0.768. The molecule has 0 saturated carbocycles. The first-order chi connectivity index (χ1) is 15.0. The van der Waals surface area contributed by atoms with E-state index >= 15 is 0 Å². The van der Waals surface area contributed by atoms with E-state index in [9.17, 15) is 4.79 Å². The number of aromatic nitrogens is 2. The monoisotopic (exact) mass is 453 g/mol. The number of ether oxygens (including phenoxy) is 1. The van der Waals surface area contributed by atoms with Gasteiger partial charge in [0.1, 0.15) is 18.1 Å². The Morgan fingerprint density at radius 1 is 1.03 bits per heavy atom. The molecular formula is C23H17Cl2N3O3. The molecule has 0 unspecified atom stereocenters. The van der Waals surface area contributed by atoms with E-state index < -0.39 is 0 Å². The normalized spacial score (nSPS) is 10.7. The first-order valence-corrected chi connectivity index (χ1v) is 10.1. The van der Waals surface area contributed by atoms with E-state index in [1.54, 1.807) is 61.5 Å². The van der Waals surface area contributed by atoms with E-state index in [0.717, 1.165) is 5.56 Å². The molecular weight excluding hydrogens is 437 g/mol. The number of nitrogens with one attached hydrogen (secondary N) is 1. The minimum atomic E-state index is -0.211. The number of pyridine rings is 1. The van der Waals surface area contributed by atoms with Crippen molar-refractivity contribution in [2.75, 3.05) is 5.32 Å². The van der Waals surface area contributed by atoms with Crippen LogP contribution >= 0.6 is 23.2 Å². The summed E-state index contributed by atoms with van der Waals surface area (Å²) >= 11 is 12.6. The summed E-state index contributed by atoms with van der Waals surface area (Å²) in [7, 11) is 0. The minimum Gasteiger partial charge on any atom is -0.473 e. The lowest BCUT2D eigenvalue weighted by Crippen LogP contribution is -2.11. The molecule has 6 nitrogen and oxygen atoms in total. The van der Waals surface area contributed by atoms with Crippen molar-refractivity contribution >= 4 is 34.8 Å². The lowest BCUT2D eigenvalue weighted by molar-refractivity contribution is 0.102. The standard InChI is InChI=1S/C23H17Cl2N3O3/c1-14-17(22(28-31-14)21-18(24)8-5-9-19(21)25)13-30-20-11-10-16(12-26-20)27-23(29)15-6-3-2-4-7-15/h2-12H,13H2,1H3,(H,27,29). The van der Waals surface area contributed by atoms with Gasteiger partial charge >= 0.3 is 0 Å². The van der Waals surface area contributed by atoms with E-state index in [1.807, 2.05) is 6.07 Å². The van der Waals surface area contributed by atoms with Gasteiger partial charge in [-0.1, -0.05) is 52.6 Å². The molecule has 0 fully saturated rings. The zero-order valence-corrected chi connectivity index (χ0v) is 17.9. The average Bonchev–Trinajstić information content (AvgIpc) is 3.14. The number of carbonyl (C=O) groups is 1. The van der Waals surface area contributed by atoms with Crippen LogP contribution in [0.4, 0.5) is 5.69 Å². The number of halogens is 2. The van der Waals surface area contributed by atoms with Crippen molar-refractivity contribution in [3.63, 3.8) is 0 Å². The second kappa shape index (κ2) is 9.20. The number of hydrogen-bond acceptors (Lipinski definition) is 5. The summed E-state index contributed by atoms with van der Waals surface area (Å²) < 4.78 is 11.1. The van der Waals surface area contributed by atoms with Gasteiger partial charge in [-0.05, 0) is 37.3 Å². The quantitative estimate of drug-likeness (QED) is 0.376. The van der Waals surface area contributed by atoms with Gasteiger partial charge in [0.25, 0.3) is 5.91 Å². The molecule has 156 valence electrons. The van der Waals surface area contributed by atoms with Gasteiger partial charge in [0.15, 0.2) is 0 Å². The Hall–Kier alpha value is -3.35. The zero-order valence-electron chi connectivity index (χ0n) is 16.4. The lowest BCUT2D eigenvalue weighted by atomic mass is 10.1. The van der Waals surface area contributed by atoms with Gasteiger partial charge in [-0.3, -0.25) is 4.79 Å². The first-order valence-electron chi connectivity index (χ1n) is 9.37. The molecule has 4 rings (SSSR count). The van der Waals surface area contributed by atoms with Crippen LogP contribution in [-0.2, 0) is 6.61 Å². The number of benzene rings is 2. The van der Waals surface area contributed by atoms with Crippen molar-refractivity contribution in [2.24, 2.45) is 0 Å². The Balaban J connectivity index is 1.46. The SMILES string of the molecule is Cc1onc(-c2c(Cl)cccc2Cl)c1COc1ccc(NC(=O)c2ccccc2)cn1. The molecule has 8 heteroatoms. The van der Waals surface area contributed by atoms with Gasteiger partial charge in [0.2, 0.25) is 5.88 Å². The topological polar surface area (TPSA) is 77.3 Å². The summed E-state index contributed by atoms with van der Waals surface area (Å²) in [6.45, 7) is 1.95. The van der Waals surface area contributed by atoms with Crippen LogP contribution in [0.5, 0.6) is 5.88 Å². The molecule has 0 aliphatic carbocycles. The van der Waals surface area contributed by atoms with Crippen LogP contribution in [0.1, 0.15) is 21.7 Å². The van der Waals surface area contributed by atoms with Gasteiger partial charge in [-0.15, -0.1) is 0 Å². The molecule has 31 heavy (non-hydrogen) atoms. The number of hydrogen-bond donors (Lipinski definition) is 1. The van der Waals surface area contributed by atoms with Gasteiger partial charge < -0.3 is 14.6 Å². The smallest absolute Gasteiger partial charge is 0.255 e. The molecule has 2 aromatic carbocycles. The van der Waals surface area contributed by atoms with E-state index in [4.69, 9.17) is 32.5 Å². The number of nitrogens with zero attached hydrogens (tertiary/aromatic N) is 2. The molecule has 2 heterocycles. The van der Waals surface area contributed by atoms with Crippen molar-refractivity contribution in [2.45, 2.75) is 13.5 Å². The number of anilines is 1. The van der Waals surface area contributed by atoms with Gasteiger partial charge in [0, 0.05) is 17.2 Å². The maximum absolute atomic E-state index is 12.2. The third-order valence-corrected chi connectivity index (χ3v) is 5.21. The summed E-state index contributed by atoms with van der Waals surface area (Å²) in [5, 5.41) is 7.84. The number of aryl methyl sites for hydroxylation is 1. The molecule has 0 spiro atoms. The van der Waals surface area contributed by atoms with Crippen molar-refractivity contribution in [1.82, 2.24) is 10.1 Å². The maximum atomic E-state index is 12.2. The van der Waals surface area contributed by atoms with Gasteiger partial charge in [-0.2, -0.15) is 0 Å². The van der Waals surface area contributed by atoms with Gasteiger partial charge in [-0.25, -0.2) is 4.98 Å².